The summed E-state index contributed by atoms with van der Waals surface area (Å²) < 4.78 is 0. The fourth-order valence-electron chi connectivity index (χ4n) is 1.01. The Morgan fingerprint density at radius 2 is 1.25 bits per heavy atom. The van der Waals surface area contributed by atoms with Crippen LogP contribution >= 0.6 is 22.7 Å². The molecular formula is C8H8N2S2. The van der Waals surface area contributed by atoms with E-state index >= 15 is 0 Å². The normalized spacial score (nSPS) is 10.3. The van der Waals surface area contributed by atoms with Crippen LogP contribution < -0.4 is 11.5 Å². The minimum absolute atomic E-state index is 0.814. The Morgan fingerprint density at radius 1 is 0.833 bits per heavy atom. The summed E-state index contributed by atoms with van der Waals surface area (Å²) in [7, 11) is 0. The van der Waals surface area contributed by atoms with Gasteiger partial charge in [0, 0.05) is 0 Å². The van der Waals surface area contributed by atoms with Crippen molar-refractivity contribution in [1.29, 1.82) is 0 Å². The van der Waals surface area contributed by atoms with Gasteiger partial charge in [-0.05, 0) is 22.9 Å². The minimum atomic E-state index is 0.814. The molecule has 0 aliphatic rings. The molecule has 0 amide bonds. The van der Waals surface area contributed by atoms with E-state index in [0.29, 0.717) is 0 Å². The van der Waals surface area contributed by atoms with Crippen molar-refractivity contribution >= 4 is 34.0 Å². The highest BCUT2D eigenvalue weighted by molar-refractivity contribution is 7.21. The zero-order valence-electron chi connectivity index (χ0n) is 6.28. The molecule has 0 saturated heterocycles. The number of rotatable bonds is 1. The van der Waals surface area contributed by atoms with Crippen LogP contribution in [0.5, 0.6) is 0 Å². The van der Waals surface area contributed by atoms with Crippen molar-refractivity contribution < 1.29 is 0 Å². The summed E-state index contributed by atoms with van der Waals surface area (Å²) in [6.07, 6.45) is 0. The van der Waals surface area contributed by atoms with E-state index in [4.69, 9.17) is 11.5 Å². The molecule has 0 aliphatic heterocycles. The second kappa shape index (κ2) is 2.80. The third-order valence-electron chi connectivity index (χ3n) is 1.60. The Kier molecular flexibility index (Phi) is 1.78. The van der Waals surface area contributed by atoms with E-state index in [0.717, 1.165) is 21.1 Å². The summed E-state index contributed by atoms with van der Waals surface area (Å²) in [4.78, 5) is 2.17. The summed E-state index contributed by atoms with van der Waals surface area (Å²) in [5.41, 5.74) is 13.2. The van der Waals surface area contributed by atoms with Gasteiger partial charge in [0.2, 0.25) is 0 Å². The first-order valence-electron chi connectivity index (χ1n) is 3.45. The van der Waals surface area contributed by atoms with Crippen molar-refractivity contribution in [3.8, 4) is 9.75 Å². The van der Waals surface area contributed by atoms with Crippen LogP contribution in [0.15, 0.2) is 22.9 Å². The molecule has 2 heterocycles. The van der Waals surface area contributed by atoms with Gasteiger partial charge in [-0.3, -0.25) is 0 Å². The van der Waals surface area contributed by atoms with Gasteiger partial charge in [0.15, 0.2) is 0 Å². The number of hydrogen-bond donors (Lipinski definition) is 2. The van der Waals surface area contributed by atoms with Crippen LogP contribution in [0, 0.1) is 0 Å². The fraction of sp³-hybridized carbons (Fsp3) is 0. The van der Waals surface area contributed by atoms with Gasteiger partial charge in [-0.25, -0.2) is 0 Å². The maximum absolute atomic E-state index is 5.76. The molecule has 4 N–H and O–H groups in total. The molecule has 0 radical (unpaired) electrons. The van der Waals surface area contributed by atoms with E-state index in [9.17, 15) is 0 Å². The minimum Gasteiger partial charge on any atom is -0.398 e. The smallest absolute Gasteiger partial charge is 0.0692 e. The third-order valence-corrected chi connectivity index (χ3v) is 3.62. The highest BCUT2D eigenvalue weighted by Gasteiger charge is 2.08. The second-order valence-corrected chi connectivity index (χ2v) is 4.24. The van der Waals surface area contributed by atoms with E-state index in [2.05, 4.69) is 0 Å². The molecule has 0 fully saturated rings. The molecule has 0 aromatic carbocycles. The monoisotopic (exact) mass is 196 g/mol. The van der Waals surface area contributed by atoms with Crippen LogP contribution in [0.4, 0.5) is 11.4 Å². The maximum atomic E-state index is 5.76. The van der Waals surface area contributed by atoms with Gasteiger partial charge in [0.25, 0.3) is 0 Å². The topological polar surface area (TPSA) is 52.0 Å². The summed E-state index contributed by atoms with van der Waals surface area (Å²) in [6.45, 7) is 0. The number of hydrogen-bond acceptors (Lipinski definition) is 4. The van der Waals surface area contributed by atoms with Crippen LogP contribution in [0.1, 0.15) is 0 Å². The molecule has 0 bridgehead atoms. The van der Waals surface area contributed by atoms with E-state index < -0.39 is 0 Å². The molecule has 2 nitrogen and oxygen atoms in total. The maximum Gasteiger partial charge on any atom is 0.0692 e. The number of nitrogen functional groups attached to an aromatic ring is 2. The second-order valence-electron chi connectivity index (χ2n) is 2.41. The van der Waals surface area contributed by atoms with Crippen LogP contribution in [0.2, 0.25) is 0 Å². The van der Waals surface area contributed by atoms with Gasteiger partial charge in [0.05, 0.1) is 21.1 Å². The van der Waals surface area contributed by atoms with E-state index in [1.807, 2.05) is 22.9 Å². The third kappa shape index (κ3) is 1.09. The fourth-order valence-corrected chi connectivity index (χ4v) is 2.86. The highest BCUT2D eigenvalue weighted by Crippen LogP contribution is 2.38. The van der Waals surface area contributed by atoms with Crippen LogP contribution in [-0.4, -0.2) is 0 Å². The van der Waals surface area contributed by atoms with Crippen molar-refractivity contribution in [3.05, 3.63) is 22.9 Å². The molecule has 62 valence electrons. The van der Waals surface area contributed by atoms with Gasteiger partial charge in [-0.2, -0.15) is 0 Å². The first-order chi connectivity index (χ1) is 5.79. The van der Waals surface area contributed by atoms with Crippen LogP contribution in [-0.2, 0) is 0 Å². The Hall–Kier alpha value is -1.00. The van der Waals surface area contributed by atoms with Crippen molar-refractivity contribution in [2.24, 2.45) is 0 Å². The van der Waals surface area contributed by atoms with Crippen LogP contribution in [0.3, 0.4) is 0 Å². The predicted octanol–water partition coefficient (Wildman–Crippen LogP) is 2.64. The SMILES string of the molecule is Nc1ccsc1-c1sccc1N. The van der Waals surface area contributed by atoms with Gasteiger partial charge < -0.3 is 11.5 Å². The Morgan fingerprint density at radius 3 is 1.50 bits per heavy atom. The van der Waals surface area contributed by atoms with Crippen molar-refractivity contribution in [2.75, 3.05) is 11.5 Å². The highest BCUT2D eigenvalue weighted by atomic mass is 32.1. The molecule has 0 spiro atoms. The first-order valence-corrected chi connectivity index (χ1v) is 5.21. The summed E-state index contributed by atoms with van der Waals surface area (Å²) in [6, 6.07) is 3.80. The van der Waals surface area contributed by atoms with Gasteiger partial charge >= 0.3 is 0 Å². The molecule has 2 aromatic rings. The van der Waals surface area contributed by atoms with Gasteiger partial charge in [0.1, 0.15) is 0 Å². The predicted molar refractivity (Wildman–Crippen MR) is 56.5 cm³/mol. The molecule has 0 aliphatic carbocycles. The summed E-state index contributed by atoms with van der Waals surface area (Å²) in [5.74, 6) is 0. The quantitative estimate of drug-likeness (QED) is 0.736. The molecule has 12 heavy (non-hydrogen) atoms. The molecule has 0 saturated carbocycles. The molecule has 2 rings (SSSR count). The lowest BCUT2D eigenvalue weighted by atomic mass is 10.3. The number of thiophene rings is 2. The molecule has 0 unspecified atom stereocenters. The van der Waals surface area contributed by atoms with Crippen molar-refractivity contribution in [3.63, 3.8) is 0 Å². The molecule has 0 atom stereocenters. The summed E-state index contributed by atoms with van der Waals surface area (Å²) in [5, 5.41) is 3.95. The zero-order chi connectivity index (χ0) is 8.55. The average molecular weight is 196 g/mol. The standard InChI is InChI=1S/C8H8N2S2/c9-5-1-3-11-7(5)8-6(10)2-4-12-8/h1-4H,9-10H2. The Bertz CT molecular complexity index is 351. The lowest BCUT2D eigenvalue weighted by Crippen LogP contribution is -1.86. The van der Waals surface area contributed by atoms with Crippen molar-refractivity contribution in [2.45, 2.75) is 0 Å². The summed E-state index contributed by atoms with van der Waals surface area (Å²) >= 11 is 3.25. The molecular weight excluding hydrogens is 188 g/mol. The Balaban J connectivity index is 2.57. The van der Waals surface area contributed by atoms with Gasteiger partial charge in [-0.1, -0.05) is 0 Å². The lowest BCUT2D eigenvalue weighted by molar-refractivity contribution is 1.82. The Labute approximate surface area is 78.4 Å². The largest absolute Gasteiger partial charge is 0.398 e. The molecule has 2 aromatic heterocycles. The lowest BCUT2D eigenvalue weighted by Gasteiger charge is -1.96. The van der Waals surface area contributed by atoms with E-state index in [-0.39, 0.29) is 0 Å². The molecule has 4 heteroatoms. The zero-order valence-corrected chi connectivity index (χ0v) is 7.91. The van der Waals surface area contributed by atoms with E-state index in [1.54, 1.807) is 22.7 Å². The average Bonchev–Trinajstić information content (AvgIpc) is 2.59. The first kappa shape index (κ1) is 7.64. The van der Waals surface area contributed by atoms with Crippen molar-refractivity contribution in [1.82, 2.24) is 0 Å². The number of nitrogens with two attached hydrogens (primary N) is 2. The number of anilines is 2. The van der Waals surface area contributed by atoms with Gasteiger partial charge in [-0.15, -0.1) is 22.7 Å². The van der Waals surface area contributed by atoms with Crippen LogP contribution in [0.25, 0.3) is 9.75 Å². The van der Waals surface area contributed by atoms with E-state index in [1.165, 1.54) is 0 Å².